The maximum Gasteiger partial charge on any atom is 0.328 e. The number of esters is 1. The van der Waals surface area contributed by atoms with E-state index in [1.807, 2.05) is 27.7 Å². The summed E-state index contributed by atoms with van der Waals surface area (Å²) in [5.41, 5.74) is 3.29. The second-order valence-corrected chi connectivity index (χ2v) is 6.44. The van der Waals surface area contributed by atoms with Gasteiger partial charge in [-0.25, -0.2) is 0 Å². The average Bonchev–Trinajstić information content (AvgIpc) is 2.65. The first-order valence-electron chi connectivity index (χ1n) is 8.05. The van der Waals surface area contributed by atoms with E-state index in [0.717, 1.165) is 37.6 Å². The van der Waals surface area contributed by atoms with Crippen LogP contribution in [0.4, 0.5) is 0 Å². The molecule has 1 fully saturated rings. The molecule has 2 heterocycles. The van der Waals surface area contributed by atoms with Crippen LogP contribution in [0.15, 0.2) is 0 Å². The lowest BCUT2D eigenvalue weighted by molar-refractivity contribution is -0.148. The normalized spacial score (nSPS) is 19.6. The summed E-state index contributed by atoms with van der Waals surface area (Å²) in [6.07, 6.45) is -0.0914. The number of hydrogen-bond acceptors (Lipinski definition) is 5. The predicted octanol–water partition coefficient (Wildman–Crippen LogP) is 1.25. The van der Waals surface area contributed by atoms with E-state index in [2.05, 4.69) is 22.2 Å². The van der Waals surface area contributed by atoms with Gasteiger partial charge in [-0.3, -0.25) is 14.4 Å². The summed E-state index contributed by atoms with van der Waals surface area (Å²) in [5, 5.41) is 7.97. The highest BCUT2D eigenvalue weighted by atomic mass is 16.5. The highest BCUT2D eigenvalue weighted by Crippen LogP contribution is 2.17. The average molecular weight is 308 g/mol. The molecule has 1 N–H and O–H groups in total. The molecule has 0 aliphatic carbocycles. The molecule has 1 aliphatic heterocycles. The molecule has 0 bridgehead atoms. The third-order valence-corrected chi connectivity index (χ3v) is 4.01. The van der Waals surface area contributed by atoms with Crippen LogP contribution in [-0.2, 0) is 22.6 Å². The van der Waals surface area contributed by atoms with E-state index < -0.39 is 0 Å². The quantitative estimate of drug-likeness (QED) is 0.830. The van der Waals surface area contributed by atoms with Crippen LogP contribution in [0.3, 0.4) is 0 Å². The van der Waals surface area contributed by atoms with Crippen LogP contribution in [0.1, 0.15) is 37.7 Å². The van der Waals surface area contributed by atoms with E-state index >= 15 is 0 Å². The van der Waals surface area contributed by atoms with E-state index in [4.69, 9.17) is 4.74 Å². The number of piperazine rings is 1. The van der Waals surface area contributed by atoms with Crippen molar-refractivity contribution in [2.24, 2.45) is 0 Å². The molecule has 1 saturated heterocycles. The van der Waals surface area contributed by atoms with Gasteiger partial charge in [0.2, 0.25) is 0 Å². The van der Waals surface area contributed by atoms with Gasteiger partial charge in [-0.05, 0) is 34.6 Å². The Morgan fingerprint density at radius 2 is 2.18 bits per heavy atom. The van der Waals surface area contributed by atoms with Crippen molar-refractivity contribution in [2.45, 2.75) is 59.9 Å². The number of aryl methyl sites for hydroxylation is 1. The summed E-state index contributed by atoms with van der Waals surface area (Å²) < 4.78 is 6.97. The van der Waals surface area contributed by atoms with Gasteiger partial charge in [-0.15, -0.1) is 0 Å². The van der Waals surface area contributed by atoms with Crippen LogP contribution in [0.5, 0.6) is 0 Å². The molecule has 0 spiro atoms. The number of ether oxygens (including phenoxy) is 1. The van der Waals surface area contributed by atoms with Crippen LogP contribution < -0.4 is 5.32 Å². The van der Waals surface area contributed by atoms with E-state index in [0.29, 0.717) is 6.04 Å². The molecule has 22 heavy (non-hydrogen) atoms. The fourth-order valence-electron chi connectivity index (χ4n) is 2.92. The summed E-state index contributed by atoms with van der Waals surface area (Å²) in [4.78, 5) is 14.3. The van der Waals surface area contributed by atoms with Crippen molar-refractivity contribution in [1.29, 1.82) is 0 Å². The summed E-state index contributed by atoms with van der Waals surface area (Å²) in [7, 11) is 0. The molecule has 6 heteroatoms. The molecule has 2 rings (SSSR count). The Morgan fingerprint density at radius 1 is 1.45 bits per heavy atom. The molecule has 1 aliphatic rings. The second kappa shape index (κ2) is 7.24. The van der Waals surface area contributed by atoms with Gasteiger partial charge in [0, 0.05) is 43.5 Å². The Hall–Kier alpha value is -1.40. The summed E-state index contributed by atoms with van der Waals surface area (Å²) in [6.45, 7) is 14.1. The van der Waals surface area contributed by atoms with Gasteiger partial charge in [0.15, 0.2) is 0 Å². The first kappa shape index (κ1) is 17.0. The first-order chi connectivity index (χ1) is 10.4. The van der Waals surface area contributed by atoms with E-state index in [9.17, 15) is 4.79 Å². The van der Waals surface area contributed by atoms with Crippen molar-refractivity contribution in [3.05, 3.63) is 17.0 Å². The van der Waals surface area contributed by atoms with Crippen LogP contribution in [0.25, 0.3) is 0 Å². The maximum atomic E-state index is 11.8. The lowest BCUT2D eigenvalue weighted by Crippen LogP contribution is -2.48. The molecule has 1 aromatic heterocycles. The van der Waals surface area contributed by atoms with Gasteiger partial charge >= 0.3 is 5.97 Å². The molecule has 1 atom stereocenters. The molecule has 0 aromatic carbocycles. The second-order valence-electron chi connectivity index (χ2n) is 6.44. The van der Waals surface area contributed by atoms with E-state index in [-0.39, 0.29) is 18.6 Å². The third kappa shape index (κ3) is 4.30. The molecule has 0 saturated carbocycles. The zero-order valence-corrected chi connectivity index (χ0v) is 14.3. The molecule has 0 amide bonds. The zero-order valence-electron chi connectivity index (χ0n) is 14.3. The van der Waals surface area contributed by atoms with Crippen LogP contribution in [0, 0.1) is 13.8 Å². The number of aromatic nitrogens is 2. The lowest BCUT2D eigenvalue weighted by Gasteiger charge is -2.31. The monoisotopic (exact) mass is 308 g/mol. The maximum absolute atomic E-state index is 11.8. The summed E-state index contributed by atoms with van der Waals surface area (Å²) in [5.74, 6) is -0.233. The van der Waals surface area contributed by atoms with Crippen molar-refractivity contribution in [1.82, 2.24) is 20.0 Å². The van der Waals surface area contributed by atoms with Crippen molar-refractivity contribution in [3.63, 3.8) is 0 Å². The fourth-order valence-corrected chi connectivity index (χ4v) is 2.92. The van der Waals surface area contributed by atoms with Crippen LogP contribution in [0.2, 0.25) is 0 Å². The Bertz CT molecular complexity index is 524. The minimum atomic E-state index is -0.233. The zero-order chi connectivity index (χ0) is 16.3. The van der Waals surface area contributed by atoms with Crippen LogP contribution in [-0.4, -0.2) is 52.4 Å². The van der Waals surface area contributed by atoms with Gasteiger partial charge in [0.05, 0.1) is 11.8 Å². The summed E-state index contributed by atoms with van der Waals surface area (Å²) in [6, 6.07) is 0.519. The number of carbonyl (C=O) groups is 1. The van der Waals surface area contributed by atoms with Gasteiger partial charge in [0.1, 0.15) is 6.54 Å². The van der Waals surface area contributed by atoms with Crippen molar-refractivity contribution < 1.29 is 9.53 Å². The SMILES string of the molecule is Cc1nn(CC(=O)OC(C)C)c(C)c1CN1CCN[C@@H](C)C1. The minimum Gasteiger partial charge on any atom is -0.462 e. The molecule has 124 valence electrons. The topological polar surface area (TPSA) is 59.4 Å². The van der Waals surface area contributed by atoms with Gasteiger partial charge in [-0.2, -0.15) is 5.10 Å². The Labute approximate surface area is 132 Å². The molecule has 6 nitrogen and oxygen atoms in total. The fraction of sp³-hybridized carbons (Fsp3) is 0.750. The predicted molar refractivity (Wildman–Crippen MR) is 85.7 cm³/mol. The van der Waals surface area contributed by atoms with E-state index in [1.165, 1.54) is 5.56 Å². The largest absolute Gasteiger partial charge is 0.462 e. The molecule has 1 aromatic rings. The van der Waals surface area contributed by atoms with Gasteiger partial charge < -0.3 is 10.1 Å². The van der Waals surface area contributed by atoms with Crippen molar-refractivity contribution in [2.75, 3.05) is 19.6 Å². The number of rotatable bonds is 5. The highest BCUT2D eigenvalue weighted by Gasteiger charge is 2.20. The number of hydrogen-bond donors (Lipinski definition) is 1. The first-order valence-corrected chi connectivity index (χ1v) is 8.05. The lowest BCUT2D eigenvalue weighted by atomic mass is 10.1. The Morgan fingerprint density at radius 3 is 2.82 bits per heavy atom. The minimum absolute atomic E-state index is 0.0914. The smallest absolute Gasteiger partial charge is 0.328 e. The van der Waals surface area contributed by atoms with Crippen molar-refractivity contribution >= 4 is 5.97 Å². The van der Waals surface area contributed by atoms with Gasteiger partial charge in [0.25, 0.3) is 0 Å². The molecular formula is C16H28N4O2. The Kier molecular flexibility index (Phi) is 5.58. The van der Waals surface area contributed by atoms with E-state index in [1.54, 1.807) is 4.68 Å². The molecule has 0 unspecified atom stereocenters. The van der Waals surface area contributed by atoms with Crippen LogP contribution >= 0.6 is 0 Å². The molecule has 0 radical (unpaired) electrons. The molecular weight excluding hydrogens is 280 g/mol. The number of nitrogens with zero attached hydrogens (tertiary/aromatic N) is 3. The number of nitrogens with one attached hydrogen (secondary N) is 1. The van der Waals surface area contributed by atoms with Gasteiger partial charge in [-0.1, -0.05) is 0 Å². The highest BCUT2D eigenvalue weighted by molar-refractivity contribution is 5.69. The summed E-state index contributed by atoms with van der Waals surface area (Å²) >= 11 is 0. The number of carbonyl (C=O) groups excluding carboxylic acids is 1. The standard InChI is InChI=1S/C16H28N4O2/c1-11(2)22-16(21)10-20-14(5)15(13(4)18-20)9-19-7-6-17-12(3)8-19/h11-12,17H,6-10H2,1-5H3/t12-/m0/s1. The van der Waals surface area contributed by atoms with Crippen molar-refractivity contribution in [3.8, 4) is 0 Å². The third-order valence-electron chi connectivity index (χ3n) is 4.01. The Balaban J connectivity index is 2.05.